The minimum absolute atomic E-state index is 0.288. The summed E-state index contributed by atoms with van der Waals surface area (Å²) in [6.45, 7) is 4.55. The van der Waals surface area contributed by atoms with Gasteiger partial charge in [-0.15, -0.1) is 0 Å². The minimum atomic E-state index is 0.288. The number of para-hydroxylation sites is 1. The van der Waals surface area contributed by atoms with E-state index in [0.717, 1.165) is 13.1 Å². The Morgan fingerprint density at radius 3 is 2.57 bits per heavy atom. The summed E-state index contributed by atoms with van der Waals surface area (Å²) in [5.41, 5.74) is 1.63. The van der Waals surface area contributed by atoms with Gasteiger partial charge in [0, 0.05) is 24.3 Å². The zero-order chi connectivity index (χ0) is 10.0. The second-order valence-corrected chi connectivity index (χ2v) is 4.32. The molecule has 2 nitrogen and oxygen atoms in total. The van der Waals surface area contributed by atoms with Crippen molar-refractivity contribution in [1.82, 2.24) is 5.32 Å². The summed E-state index contributed by atoms with van der Waals surface area (Å²) >= 11 is 0. The molecule has 1 aromatic carbocycles. The van der Waals surface area contributed by atoms with Crippen molar-refractivity contribution in [2.24, 2.45) is 0 Å². The van der Waals surface area contributed by atoms with Gasteiger partial charge in [-0.05, 0) is 32.5 Å². The Bertz CT molecular complexity index is 296. The average Bonchev–Trinajstić information content (AvgIpc) is 2.63. The van der Waals surface area contributed by atoms with Crippen molar-refractivity contribution in [3.05, 3.63) is 30.3 Å². The normalized spacial score (nSPS) is 26.9. The third-order valence-corrected chi connectivity index (χ3v) is 3.20. The fraction of sp³-hybridized carbons (Fsp3) is 0.500. The van der Waals surface area contributed by atoms with Crippen LogP contribution >= 0.6 is 0 Å². The summed E-state index contributed by atoms with van der Waals surface area (Å²) in [6.07, 6.45) is 1.22. The van der Waals surface area contributed by atoms with Crippen LogP contribution in [0.25, 0.3) is 0 Å². The summed E-state index contributed by atoms with van der Waals surface area (Å²) in [7, 11) is 2.05. The highest BCUT2D eigenvalue weighted by Crippen LogP contribution is 2.25. The topological polar surface area (TPSA) is 15.3 Å². The lowest BCUT2D eigenvalue weighted by molar-refractivity contribution is 0.428. The standard InChI is InChI=1S/C12H18N2/c1-12(13-2)8-9-14(10-12)11-6-4-3-5-7-11/h3-7,13H,8-10H2,1-2H3. The van der Waals surface area contributed by atoms with Crippen molar-refractivity contribution in [3.8, 4) is 0 Å². The summed E-state index contributed by atoms with van der Waals surface area (Å²) in [6, 6.07) is 10.6. The highest BCUT2D eigenvalue weighted by molar-refractivity contribution is 5.47. The number of benzene rings is 1. The first-order valence-electron chi connectivity index (χ1n) is 5.22. The second kappa shape index (κ2) is 3.62. The molecule has 0 aliphatic carbocycles. The smallest absolute Gasteiger partial charge is 0.0366 e. The van der Waals surface area contributed by atoms with Crippen LogP contribution in [0, 0.1) is 0 Å². The first kappa shape index (κ1) is 9.53. The fourth-order valence-corrected chi connectivity index (χ4v) is 2.02. The molecule has 1 aromatic rings. The van der Waals surface area contributed by atoms with Crippen LogP contribution in [0.1, 0.15) is 13.3 Å². The van der Waals surface area contributed by atoms with Crippen LogP contribution in [0.2, 0.25) is 0 Å². The molecule has 1 aliphatic rings. The molecule has 1 aliphatic heterocycles. The Morgan fingerprint density at radius 1 is 1.29 bits per heavy atom. The first-order chi connectivity index (χ1) is 6.73. The number of hydrogen-bond acceptors (Lipinski definition) is 2. The molecule has 1 saturated heterocycles. The molecule has 1 unspecified atom stereocenters. The van der Waals surface area contributed by atoms with Crippen LogP contribution in [0.15, 0.2) is 30.3 Å². The van der Waals surface area contributed by atoms with Crippen molar-refractivity contribution in [1.29, 1.82) is 0 Å². The van der Waals surface area contributed by atoms with E-state index in [9.17, 15) is 0 Å². The third kappa shape index (κ3) is 1.75. The van der Waals surface area contributed by atoms with Gasteiger partial charge in [0.25, 0.3) is 0 Å². The maximum Gasteiger partial charge on any atom is 0.0366 e. The van der Waals surface area contributed by atoms with Crippen molar-refractivity contribution in [2.45, 2.75) is 18.9 Å². The van der Waals surface area contributed by atoms with Gasteiger partial charge in [-0.1, -0.05) is 18.2 Å². The van der Waals surface area contributed by atoms with Gasteiger partial charge < -0.3 is 10.2 Å². The van der Waals surface area contributed by atoms with Crippen LogP contribution < -0.4 is 10.2 Å². The lowest BCUT2D eigenvalue weighted by atomic mass is 10.0. The summed E-state index contributed by atoms with van der Waals surface area (Å²) in [4.78, 5) is 2.44. The lowest BCUT2D eigenvalue weighted by Gasteiger charge is -2.24. The molecule has 76 valence electrons. The van der Waals surface area contributed by atoms with Gasteiger partial charge in [-0.3, -0.25) is 0 Å². The maximum absolute atomic E-state index is 3.40. The molecule has 0 spiro atoms. The first-order valence-corrected chi connectivity index (χ1v) is 5.22. The van der Waals surface area contributed by atoms with Crippen LogP contribution in [-0.4, -0.2) is 25.7 Å². The van der Waals surface area contributed by atoms with Crippen molar-refractivity contribution < 1.29 is 0 Å². The summed E-state index contributed by atoms with van der Waals surface area (Å²) < 4.78 is 0. The molecule has 1 fully saturated rings. The molecule has 2 heteroatoms. The largest absolute Gasteiger partial charge is 0.370 e. The highest BCUT2D eigenvalue weighted by Gasteiger charge is 2.31. The Labute approximate surface area is 85.9 Å². The molecular formula is C12H18N2. The van der Waals surface area contributed by atoms with E-state index in [1.54, 1.807) is 0 Å². The van der Waals surface area contributed by atoms with Gasteiger partial charge in [0.1, 0.15) is 0 Å². The predicted octanol–water partition coefficient (Wildman–Crippen LogP) is 1.87. The monoisotopic (exact) mass is 190 g/mol. The maximum atomic E-state index is 3.40. The zero-order valence-electron chi connectivity index (χ0n) is 8.96. The predicted molar refractivity (Wildman–Crippen MR) is 60.7 cm³/mol. The SMILES string of the molecule is CNC1(C)CCN(c2ccccc2)C1. The third-order valence-electron chi connectivity index (χ3n) is 3.20. The molecule has 1 N–H and O–H groups in total. The van der Waals surface area contributed by atoms with Crippen LogP contribution in [0.5, 0.6) is 0 Å². The molecule has 0 bridgehead atoms. The Hall–Kier alpha value is -1.02. The van der Waals surface area contributed by atoms with Crippen molar-refractivity contribution in [3.63, 3.8) is 0 Å². The number of hydrogen-bond donors (Lipinski definition) is 1. The van der Waals surface area contributed by atoms with E-state index < -0.39 is 0 Å². The van der Waals surface area contributed by atoms with Gasteiger partial charge in [0.05, 0.1) is 0 Å². The van der Waals surface area contributed by atoms with Crippen LogP contribution in [0.3, 0.4) is 0 Å². The van der Waals surface area contributed by atoms with E-state index >= 15 is 0 Å². The highest BCUT2D eigenvalue weighted by atomic mass is 15.2. The number of nitrogens with zero attached hydrogens (tertiary/aromatic N) is 1. The van der Waals surface area contributed by atoms with Crippen molar-refractivity contribution >= 4 is 5.69 Å². The van der Waals surface area contributed by atoms with Crippen LogP contribution in [0.4, 0.5) is 5.69 Å². The van der Waals surface area contributed by atoms with Gasteiger partial charge in [0.2, 0.25) is 0 Å². The molecule has 1 atom stereocenters. The van der Waals surface area contributed by atoms with E-state index in [2.05, 4.69) is 54.5 Å². The zero-order valence-corrected chi connectivity index (χ0v) is 8.96. The van der Waals surface area contributed by atoms with Crippen LogP contribution in [-0.2, 0) is 0 Å². The molecular weight excluding hydrogens is 172 g/mol. The Morgan fingerprint density at radius 2 is 2.00 bits per heavy atom. The van der Waals surface area contributed by atoms with E-state index in [1.807, 2.05) is 0 Å². The minimum Gasteiger partial charge on any atom is -0.370 e. The van der Waals surface area contributed by atoms with Crippen molar-refractivity contribution in [2.75, 3.05) is 25.0 Å². The molecule has 0 aromatic heterocycles. The Kier molecular flexibility index (Phi) is 2.46. The molecule has 0 saturated carbocycles. The quantitative estimate of drug-likeness (QED) is 0.766. The van der Waals surface area contributed by atoms with E-state index in [0.29, 0.717) is 0 Å². The van der Waals surface area contributed by atoms with E-state index in [-0.39, 0.29) is 5.54 Å². The van der Waals surface area contributed by atoms with Gasteiger partial charge >= 0.3 is 0 Å². The number of anilines is 1. The fourth-order valence-electron chi connectivity index (χ4n) is 2.02. The van der Waals surface area contributed by atoms with E-state index in [4.69, 9.17) is 0 Å². The molecule has 14 heavy (non-hydrogen) atoms. The van der Waals surface area contributed by atoms with Gasteiger partial charge in [-0.25, -0.2) is 0 Å². The van der Waals surface area contributed by atoms with E-state index in [1.165, 1.54) is 12.1 Å². The second-order valence-electron chi connectivity index (χ2n) is 4.32. The molecule has 0 amide bonds. The number of likely N-dealkylation sites (N-methyl/N-ethyl adjacent to an activating group) is 1. The Balaban J connectivity index is 2.10. The summed E-state index contributed by atoms with van der Waals surface area (Å²) in [5, 5.41) is 3.40. The molecule has 1 heterocycles. The van der Waals surface area contributed by atoms with Gasteiger partial charge in [0.15, 0.2) is 0 Å². The number of rotatable bonds is 2. The summed E-state index contributed by atoms with van der Waals surface area (Å²) in [5.74, 6) is 0. The number of nitrogens with one attached hydrogen (secondary N) is 1. The lowest BCUT2D eigenvalue weighted by Crippen LogP contribution is -2.42. The molecule has 0 radical (unpaired) electrons. The molecule has 2 rings (SSSR count). The average molecular weight is 190 g/mol. The van der Waals surface area contributed by atoms with Gasteiger partial charge in [-0.2, -0.15) is 0 Å².